The molecule has 94 valence electrons. The molecule has 0 saturated heterocycles. The van der Waals surface area contributed by atoms with Crippen LogP contribution in [-0.4, -0.2) is 19.9 Å². The highest BCUT2D eigenvalue weighted by Gasteiger charge is 2.14. The molecule has 0 saturated carbocycles. The van der Waals surface area contributed by atoms with E-state index < -0.39 is 0 Å². The van der Waals surface area contributed by atoms with Gasteiger partial charge in [0.25, 0.3) is 0 Å². The quantitative estimate of drug-likeness (QED) is 0.738. The monoisotopic (exact) mass is 233 g/mol. The van der Waals surface area contributed by atoms with Gasteiger partial charge in [-0.15, -0.1) is 0 Å². The molecule has 0 fully saturated rings. The summed E-state index contributed by atoms with van der Waals surface area (Å²) in [5, 5.41) is 0. The van der Waals surface area contributed by atoms with Crippen molar-refractivity contribution in [2.75, 3.05) is 19.0 Å². The van der Waals surface area contributed by atoms with Crippen LogP contribution in [0, 0.1) is 5.41 Å². The number of nitrogens with zero attached hydrogens (tertiary/aromatic N) is 1. The minimum atomic E-state index is 0.221. The predicted octanol–water partition coefficient (Wildman–Crippen LogP) is 3.76. The summed E-state index contributed by atoms with van der Waals surface area (Å²) in [5.41, 5.74) is 2.16. The van der Waals surface area contributed by atoms with Gasteiger partial charge in [0, 0.05) is 31.8 Å². The summed E-state index contributed by atoms with van der Waals surface area (Å²) in [4.78, 5) is 14.0. The average molecular weight is 233 g/mol. The molecule has 0 bridgehead atoms. The first-order valence-corrected chi connectivity index (χ1v) is 6.10. The molecular formula is C15H23NO. The third kappa shape index (κ3) is 4.59. The fraction of sp³-hybridized carbons (Fsp3) is 0.533. The molecule has 0 N–H and O–H groups in total. The molecule has 0 aliphatic rings. The number of carbonyl (C=O) groups excluding carboxylic acids is 1. The Hall–Kier alpha value is -1.31. The van der Waals surface area contributed by atoms with Crippen molar-refractivity contribution in [1.82, 2.24) is 0 Å². The van der Waals surface area contributed by atoms with Gasteiger partial charge < -0.3 is 4.90 Å². The molecule has 0 atom stereocenters. The highest BCUT2D eigenvalue weighted by Crippen LogP contribution is 2.22. The summed E-state index contributed by atoms with van der Waals surface area (Å²) in [5.74, 6) is 0.241. The molecule has 0 aliphatic carbocycles. The molecule has 0 aromatic heterocycles. The Balaban J connectivity index is 2.64. The molecule has 0 heterocycles. The van der Waals surface area contributed by atoms with Gasteiger partial charge in [0.15, 0.2) is 5.78 Å². The average Bonchev–Trinajstić information content (AvgIpc) is 2.25. The first-order chi connectivity index (χ1) is 7.79. The number of ketones is 1. The van der Waals surface area contributed by atoms with Crippen molar-refractivity contribution in [2.45, 2.75) is 33.6 Å². The Morgan fingerprint density at radius 2 is 1.65 bits per heavy atom. The van der Waals surface area contributed by atoms with E-state index in [4.69, 9.17) is 0 Å². The van der Waals surface area contributed by atoms with E-state index in [0.29, 0.717) is 6.42 Å². The van der Waals surface area contributed by atoms with Crippen molar-refractivity contribution < 1.29 is 4.79 Å². The molecule has 0 unspecified atom stereocenters. The molecule has 2 nitrogen and oxygen atoms in total. The molecule has 0 radical (unpaired) electrons. The molecule has 2 heteroatoms. The fourth-order valence-corrected chi connectivity index (χ4v) is 1.58. The highest BCUT2D eigenvalue weighted by molar-refractivity contribution is 5.96. The van der Waals surface area contributed by atoms with Crippen LogP contribution < -0.4 is 4.90 Å². The molecule has 1 aromatic rings. The van der Waals surface area contributed by atoms with Crippen LogP contribution in [0.3, 0.4) is 0 Å². The Kier molecular flexibility index (Phi) is 4.33. The number of Topliss-reactive ketones (excluding diaryl/α,β-unsaturated/α-hetero) is 1. The minimum Gasteiger partial charge on any atom is -0.378 e. The second kappa shape index (κ2) is 5.35. The lowest BCUT2D eigenvalue weighted by Gasteiger charge is -2.17. The molecule has 1 aromatic carbocycles. The maximum absolute atomic E-state index is 12.0. The standard InChI is InChI=1S/C15H23NO/c1-15(2,3)11-10-14(17)12-6-8-13(9-7-12)16(4)5/h6-9H,10-11H2,1-5H3. The summed E-state index contributed by atoms with van der Waals surface area (Å²) in [7, 11) is 3.99. The van der Waals surface area contributed by atoms with Gasteiger partial charge >= 0.3 is 0 Å². The summed E-state index contributed by atoms with van der Waals surface area (Å²) >= 11 is 0. The number of rotatable bonds is 4. The van der Waals surface area contributed by atoms with E-state index in [2.05, 4.69) is 20.8 Å². The van der Waals surface area contributed by atoms with E-state index in [1.165, 1.54) is 0 Å². The Morgan fingerprint density at radius 3 is 2.06 bits per heavy atom. The van der Waals surface area contributed by atoms with Gasteiger partial charge in [-0.25, -0.2) is 0 Å². The van der Waals surface area contributed by atoms with Crippen molar-refractivity contribution in [3.63, 3.8) is 0 Å². The lowest BCUT2D eigenvalue weighted by atomic mass is 9.88. The van der Waals surface area contributed by atoms with Crippen LogP contribution in [0.2, 0.25) is 0 Å². The summed E-state index contributed by atoms with van der Waals surface area (Å²) in [6, 6.07) is 7.81. The van der Waals surface area contributed by atoms with Gasteiger partial charge in [-0.3, -0.25) is 4.79 Å². The number of hydrogen-bond acceptors (Lipinski definition) is 2. The third-order valence-corrected chi connectivity index (χ3v) is 2.81. The van der Waals surface area contributed by atoms with Crippen LogP contribution in [0.4, 0.5) is 5.69 Å². The molecule has 17 heavy (non-hydrogen) atoms. The molecular weight excluding hydrogens is 210 g/mol. The van der Waals surface area contributed by atoms with Gasteiger partial charge in [0.2, 0.25) is 0 Å². The molecule has 0 amide bonds. The van der Waals surface area contributed by atoms with Crippen LogP contribution in [0.1, 0.15) is 44.0 Å². The summed E-state index contributed by atoms with van der Waals surface area (Å²) in [6.07, 6.45) is 1.56. The SMILES string of the molecule is CN(C)c1ccc(C(=O)CCC(C)(C)C)cc1. The Labute approximate surface area is 105 Å². The van der Waals surface area contributed by atoms with Gasteiger partial charge in [0.05, 0.1) is 0 Å². The topological polar surface area (TPSA) is 20.3 Å². The van der Waals surface area contributed by atoms with Crippen LogP contribution in [-0.2, 0) is 0 Å². The van der Waals surface area contributed by atoms with Crippen LogP contribution >= 0.6 is 0 Å². The van der Waals surface area contributed by atoms with E-state index in [9.17, 15) is 4.79 Å². The largest absolute Gasteiger partial charge is 0.378 e. The van der Waals surface area contributed by atoms with Gasteiger partial charge in [-0.1, -0.05) is 20.8 Å². The zero-order chi connectivity index (χ0) is 13.1. The van der Waals surface area contributed by atoms with E-state index in [1.54, 1.807) is 0 Å². The number of anilines is 1. The zero-order valence-corrected chi connectivity index (χ0v) is 11.6. The van der Waals surface area contributed by atoms with Crippen LogP contribution in [0.5, 0.6) is 0 Å². The van der Waals surface area contributed by atoms with Crippen LogP contribution in [0.25, 0.3) is 0 Å². The molecule has 0 aliphatic heterocycles. The maximum atomic E-state index is 12.0. The molecule has 0 spiro atoms. The second-order valence-corrected chi connectivity index (χ2v) is 5.93. The third-order valence-electron chi connectivity index (χ3n) is 2.81. The zero-order valence-electron chi connectivity index (χ0n) is 11.6. The van der Waals surface area contributed by atoms with E-state index in [-0.39, 0.29) is 11.2 Å². The van der Waals surface area contributed by atoms with Gasteiger partial charge in [-0.05, 0) is 36.1 Å². The number of benzene rings is 1. The Bertz CT molecular complexity index is 371. The fourth-order valence-electron chi connectivity index (χ4n) is 1.58. The number of hydrogen-bond donors (Lipinski definition) is 0. The first-order valence-electron chi connectivity index (χ1n) is 6.10. The molecule has 1 rings (SSSR count). The van der Waals surface area contributed by atoms with E-state index >= 15 is 0 Å². The van der Waals surface area contributed by atoms with E-state index in [0.717, 1.165) is 17.7 Å². The summed E-state index contributed by atoms with van der Waals surface area (Å²) < 4.78 is 0. The first kappa shape index (κ1) is 13.8. The van der Waals surface area contributed by atoms with Gasteiger partial charge in [0.1, 0.15) is 0 Å². The summed E-state index contributed by atoms with van der Waals surface area (Å²) in [6.45, 7) is 6.49. The predicted molar refractivity (Wildman–Crippen MR) is 73.8 cm³/mol. The lowest BCUT2D eigenvalue weighted by molar-refractivity contribution is 0.0966. The van der Waals surface area contributed by atoms with E-state index in [1.807, 2.05) is 43.3 Å². The highest BCUT2D eigenvalue weighted by atomic mass is 16.1. The van der Waals surface area contributed by atoms with Crippen molar-refractivity contribution in [3.8, 4) is 0 Å². The smallest absolute Gasteiger partial charge is 0.162 e. The number of carbonyl (C=O) groups is 1. The maximum Gasteiger partial charge on any atom is 0.162 e. The van der Waals surface area contributed by atoms with Gasteiger partial charge in [-0.2, -0.15) is 0 Å². The Morgan fingerprint density at radius 1 is 1.12 bits per heavy atom. The van der Waals surface area contributed by atoms with Crippen molar-refractivity contribution in [2.24, 2.45) is 5.41 Å². The van der Waals surface area contributed by atoms with Crippen molar-refractivity contribution in [1.29, 1.82) is 0 Å². The van der Waals surface area contributed by atoms with Crippen molar-refractivity contribution >= 4 is 11.5 Å². The normalized spacial score (nSPS) is 11.4. The van der Waals surface area contributed by atoms with Crippen molar-refractivity contribution in [3.05, 3.63) is 29.8 Å². The van der Waals surface area contributed by atoms with Crippen LogP contribution in [0.15, 0.2) is 24.3 Å². The lowest BCUT2D eigenvalue weighted by Crippen LogP contribution is -2.10. The second-order valence-electron chi connectivity index (χ2n) is 5.93. The minimum absolute atomic E-state index is 0.221.